The number of hydrogen-bond donors (Lipinski definition) is 1. The number of aromatic nitrogens is 2. The second kappa shape index (κ2) is 5.74. The van der Waals surface area contributed by atoms with Gasteiger partial charge in [0.05, 0.1) is 26.0 Å². The Kier molecular flexibility index (Phi) is 3.43. The lowest BCUT2D eigenvalue weighted by molar-refractivity contribution is 0.0248. The van der Waals surface area contributed by atoms with Gasteiger partial charge >= 0.3 is 0 Å². The molecule has 0 bridgehead atoms. The number of fused-ring (bicyclic) bond motifs is 1. The minimum atomic E-state index is 0.480. The number of benzene rings is 1. The van der Waals surface area contributed by atoms with Gasteiger partial charge in [-0.05, 0) is 18.2 Å². The lowest BCUT2D eigenvalue weighted by atomic mass is 10.0. The van der Waals surface area contributed by atoms with E-state index in [0.29, 0.717) is 28.9 Å². The van der Waals surface area contributed by atoms with E-state index >= 15 is 0 Å². The third-order valence-electron chi connectivity index (χ3n) is 3.63. The predicted octanol–water partition coefficient (Wildman–Crippen LogP) is 2.61. The van der Waals surface area contributed by atoms with Gasteiger partial charge in [0.2, 0.25) is 17.4 Å². The molecule has 0 radical (unpaired) electrons. The molecule has 8 nitrogen and oxygen atoms in total. The molecule has 1 aliphatic heterocycles. The molecule has 122 valence electrons. The Morgan fingerprint density at radius 3 is 2.67 bits per heavy atom. The smallest absolute Gasteiger partial charge is 0.237 e. The Balaban J connectivity index is 1.80. The van der Waals surface area contributed by atoms with Crippen molar-refractivity contribution in [1.29, 1.82) is 0 Å². The van der Waals surface area contributed by atoms with Crippen molar-refractivity contribution < 1.29 is 23.7 Å². The van der Waals surface area contributed by atoms with E-state index in [4.69, 9.17) is 23.7 Å². The number of pyridine rings is 1. The highest BCUT2D eigenvalue weighted by molar-refractivity contribution is 5.81. The zero-order valence-corrected chi connectivity index (χ0v) is 12.9. The van der Waals surface area contributed by atoms with Crippen LogP contribution in [0.3, 0.4) is 0 Å². The van der Waals surface area contributed by atoms with Crippen molar-refractivity contribution >= 4 is 0 Å². The number of nitrogens with zero attached hydrogens (tertiary/aromatic N) is 2. The minimum absolute atomic E-state index is 0.480. The summed E-state index contributed by atoms with van der Waals surface area (Å²) >= 11 is 0. The van der Waals surface area contributed by atoms with Crippen molar-refractivity contribution in [2.24, 2.45) is 0 Å². The van der Waals surface area contributed by atoms with Crippen LogP contribution in [0.2, 0.25) is 0 Å². The molecule has 0 aliphatic carbocycles. The molecule has 3 heterocycles. The third-order valence-corrected chi connectivity index (χ3v) is 3.63. The Hall–Kier alpha value is -3.26. The molecular weight excluding hydrogens is 314 g/mol. The van der Waals surface area contributed by atoms with Crippen molar-refractivity contribution in [2.45, 2.75) is 0 Å². The normalized spacial score (nSPS) is 12.2. The summed E-state index contributed by atoms with van der Waals surface area (Å²) in [5, 5.41) is 3.90. The topological polar surface area (TPSA) is 87.9 Å². The maximum Gasteiger partial charge on any atom is 0.237 e. The van der Waals surface area contributed by atoms with E-state index in [1.807, 2.05) is 6.07 Å². The standard InChI is InChI=1S/C16H13N3O5/c1-20-12-5-10(6-13-16(12)24-19-22-13)15-11(8-18-23-15)9-3-4-14(21-2)17-7-9/h3-8,19H,1-2H3. The van der Waals surface area contributed by atoms with Crippen LogP contribution in [-0.2, 0) is 0 Å². The molecule has 1 aliphatic rings. The molecule has 0 unspecified atom stereocenters. The van der Waals surface area contributed by atoms with Crippen LogP contribution in [-0.4, -0.2) is 24.4 Å². The van der Waals surface area contributed by atoms with Gasteiger partial charge in [0.25, 0.3) is 0 Å². The van der Waals surface area contributed by atoms with Crippen LogP contribution in [0.5, 0.6) is 23.1 Å². The Morgan fingerprint density at radius 2 is 1.92 bits per heavy atom. The summed E-state index contributed by atoms with van der Waals surface area (Å²) < 4.78 is 15.9. The van der Waals surface area contributed by atoms with Crippen molar-refractivity contribution in [2.75, 3.05) is 14.2 Å². The van der Waals surface area contributed by atoms with Crippen LogP contribution in [0.25, 0.3) is 22.5 Å². The van der Waals surface area contributed by atoms with Crippen LogP contribution in [0.15, 0.2) is 41.2 Å². The average molecular weight is 327 g/mol. The first-order valence-corrected chi connectivity index (χ1v) is 7.06. The molecule has 0 atom stereocenters. The van der Waals surface area contributed by atoms with Gasteiger partial charge in [-0.2, -0.15) is 0 Å². The zero-order valence-electron chi connectivity index (χ0n) is 12.9. The Bertz CT molecular complexity index is 876. The van der Waals surface area contributed by atoms with E-state index in [2.05, 4.69) is 15.8 Å². The summed E-state index contributed by atoms with van der Waals surface area (Å²) in [4.78, 5) is 14.6. The van der Waals surface area contributed by atoms with E-state index in [1.54, 1.807) is 44.8 Å². The van der Waals surface area contributed by atoms with E-state index in [1.165, 1.54) is 0 Å². The van der Waals surface area contributed by atoms with Crippen LogP contribution < -0.4 is 24.8 Å². The van der Waals surface area contributed by atoms with E-state index in [-0.39, 0.29) is 0 Å². The van der Waals surface area contributed by atoms with E-state index in [0.717, 1.165) is 16.7 Å². The molecule has 0 amide bonds. The lowest BCUT2D eigenvalue weighted by Crippen LogP contribution is -2.14. The second-order valence-electron chi connectivity index (χ2n) is 4.95. The van der Waals surface area contributed by atoms with Gasteiger partial charge in [0.1, 0.15) is 0 Å². The molecule has 0 spiro atoms. The third kappa shape index (κ3) is 2.29. The Labute approximate surface area is 136 Å². The molecule has 4 rings (SSSR count). The van der Waals surface area contributed by atoms with E-state index in [9.17, 15) is 0 Å². The predicted molar refractivity (Wildman–Crippen MR) is 82.7 cm³/mol. The van der Waals surface area contributed by atoms with Crippen molar-refractivity contribution in [3.63, 3.8) is 0 Å². The van der Waals surface area contributed by atoms with Gasteiger partial charge < -0.3 is 23.7 Å². The van der Waals surface area contributed by atoms with Gasteiger partial charge in [0.15, 0.2) is 11.5 Å². The average Bonchev–Trinajstić information content (AvgIpc) is 3.29. The maximum atomic E-state index is 5.44. The van der Waals surface area contributed by atoms with Gasteiger partial charge in [-0.15, -0.1) is 0 Å². The molecule has 8 heteroatoms. The highest BCUT2D eigenvalue weighted by Crippen LogP contribution is 2.44. The number of methoxy groups -OCH3 is 2. The first-order valence-electron chi connectivity index (χ1n) is 7.06. The van der Waals surface area contributed by atoms with E-state index < -0.39 is 0 Å². The number of ether oxygens (including phenoxy) is 2. The van der Waals surface area contributed by atoms with Crippen molar-refractivity contribution in [3.8, 4) is 45.6 Å². The number of nitrogens with one attached hydrogen (secondary N) is 1. The van der Waals surface area contributed by atoms with Crippen molar-refractivity contribution in [1.82, 2.24) is 15.8 Å². The molecule has 1 N–H and O–H groups in total. The molecule has 24 heavy (non-hydrogen) atoms. The summed E-state index contributed by atoms with van der Waals surface area (Å²) in [5.41, 5.74) is 4.72. The largest absolute Gasteiger partial charge is 0.493 e. The fourth-order valence-electron chi connectivity index (χ4n) is 2.46. The molecule has 1 aromatic carbocycles. The van der Waals surface area contributed by atoms with Crippen LogP contribution in [0.4, 0.5) is 0 Å². The number of hydrogen-bond acceptors (Lipinski definition) is 8. The zero-order chi connectivity index (χ0) is 16.5. The van der Waals surface area contributed by atoms with Crippen LogP contribution >= 0.6 is 0 Å². The van der Waals surface area contributed by atoms with Crippen LogP contribution in [0.1, 0.15) is 0 Å². The summed E-state index contributed by atoms with van der Waals surface area (Å²) in [6.07, 6.45) is 3.33. The molecule has 0 fully saturated rings. The fraction of sp³-hybridized carbons (Fsp3) is 0.125. The Morgan fingerprint density at radius 1 is 1.00 bits per heavy atom. The molecule has 3 aromatic rings. The van der Waals surface area contributed by atoms with Gasteiger partial charge in [-0.1, -0.05) is 5.16 Å². The molecule has 0 saturated heterocycles. The summed E-state index contributed by atoms with van der Waals surface area (Å²) in [6, 6.07) is 7.22. The fourth-order valence-corrected chi connectivity index (χ4v) is 2.46. The summed E-state index contributed by atoms with van der Waals surface area (Å²) in [5.74, 6) is 2.60. The number of rotatable bonds is 4. The summed E-state index contributed by atoms with van der Waals surface area (Å²) in [6.45, 7) is 0. The lowest BCUT2D eigenvalue weighted by Gasteiger charge is -2.07. The highest BCUT2D eigenvalue weighted by Gasteiger charge is 2.24. The van der Waals surface area contributed by atoms with Crippen LogP contribution in [0, 0.1) is 0 Å². The van der Waals surface area contributed by atoms with Gasteiger partial charge in [-0.25, -0.2) is 4.98 Å². The first-order chi connectivity index (χ1) is 11.8. The molecular formula is C16H13N3O5. The summed E-state index contributed by atoms with van der Waals surface area (Å²) in [7, 11) is 3.12. The maximum absolute atomic E-state index is 5.44. The van der Waals surface area contributed by atoms with Gasteiger partial charge in [0, 0.05) is 29.0 Å². The SMILES string of the molecule is COc1ccc(-c2cnoc2-c2cc(OC)c3c(c2)ONO3)cn1. The van der Waals surface area contributed by atoms with Gasteiger partial charge in [-0.3, -0.25) is 0 Å². The minimum Gasteiger partial charge on any atom is -0.493 e. The molecule has 0 saturated carbocycles. The highest BCUT2D eigenvalue weighted by atomic mass is 16.9. The second-order valence-corrected chi connectivity index (χ2v) is 4.95. The monoisotopic (exact) mass is 327 g/mol. The first kappa shape index (κ1) is 14.3. The quantitative estimate of drug-likeness (QED) is 0.782. The molecule has 2 aromatic heterocycles. The van der Waals surface area contributed by atoms with Crippen molar-refractivity contribution in [3.05, 3.63) is 36.7 Å².